The lowest BCUT2D eigenvalue weighted by atomic mass is 9.71. The number of methoxy groups -OCH3 is 1. The Hall–Kier alpha value is -1.17. The maximum atomic E-state index is 12.7. The van der Waals surface area contributed by atoms with Crippen LogP contribution in [0.4, 0.5) is 0 Å². The third kappa shape index (κ3) is 3.62. The zero-order chi connectivity index (χ0) is 18.0. The number of hydrogen-bond donors (Lipinski definition) is 0. The standard InChI is InChI=1S/C21H30N2O2S/c1-25-14-19-13-22(12-17-6-11-26-15-17)16-21(19)7-9-23(10-8-21)20(24)18-4-2-3-5-18/h2-3,6,11,15,18-19H,4-5,7-10,12-14,16H2,1H3/t19-/m1/s1. The topological polar surface area (TPSA) is 32.8 Å². The molecule has 2 aliphatic heterocycles. The largest absolute Gasteiger partial charge is 0.384 e. The monoisotopic (exact) mass is 374 g/mol. The fraction of sp³-hybridized carbons (Fsp3) is 0.667. The van der Waals surface area contributed by atoms with Gasteiger partial charge in [-0.25, -0.2) is 0 Å². The van der Waals surface area contributed by atoms with Gasteiger partial charge in [-0.2, -0.15) is 11.3 Å². The van der Waals surface area contributed by atoms with Gasteiger partial charge in [0, 0.05) is 51.7 Å². The van der Waals surface area contributed by atoms with Crippen LogP contribution in [0, 0.1) is 17.3 Å². The van der Waals surface area contributed by atoms with Crippen LogP contribution in [0.3, 0.4) is 0 Å². The second kappa shape index (κ2) is 7.83. The van der Waals surface area contributed by atoms with E-state index in [1.54, 1.807) is 11.3 Å². The molecule has 0 unspecified atom stereocenters. The van der Waals surface area contributed by atoms with Crippen molar-refractivity contribution in [1.82, 2.24) is 9.80 Å². The quantitative estimate of drug-likeness (QED) is 0.741. The van der Waals surface area contributed by atoms with Crippen LogP contribution in [0.5, 0.6) is 0 Å². The van der Waals surface area contributed by atoms with Gasteiger partial charge in [0.1, 0.15) is 0 Å². The van der Waals surface area contributed by atoms with Crippen molar-refractivity contribution in [3.8, 4) is 0 Å². The predicted molar refractivity (Wildman–Crippen MR) is 105 cm³/mol. The molecule has 1 amide bonds. The summed E-state index contributed by atoms with van der Waals surface area (Å²) < 4.78 is 5.58. The fourth-order valence-electron chi connectivity index (χ4n) is 5.15. The second-order valence-corrected chi connectivity index (χ2v) is 9.06. The molecule has 4 rings (SSSR count). The molecule has 0 radical (unpaired) electrons. The molecular weight excluding hydrogens is 344 g/mol. The molecular formula is C21H30N2O2S. The van der Waals surface area contributed by atoms with E-state index in [-0.39, 0.29) is 5.92 Å². The molecule has 3 aliphatic rings. The summed E-state index contributed by atoms with van der Waals surface area (Å²) in [5, 5.41) is 4.42. The van der Waals surface area contributed by atoms with Crippen molar-refractivity contribution in [2.45, 2.75) is 32.2 Å². The second-order valence-electron chi connectivity index (χ2n) is 8.28. The summed E-state index contributed by atoms with van der Waals surface area (Å²) in [6.45, 7) is 5.97. The summed E-state index contributed by atoms with van der Waals surface area (Å²) in [4.78, 5) is 17.5. The van der Waals surface area contributed by atoms with Gasteiger partial charge in [0.15, 0.2) is 0 Å². The van der Waals surface area contributed by atoms with Crippen LogP contribution in [0.25, 0.3) is 0 Å². The Morgan fingerprint density at radius 2 is 2.08 bits per heavy atom. The molecule has 0 saturated carbocycles. The fourth-order valence-corrected chi connectivity index (χ4v) is 5.81. The van der Waals surface area contributed by atoms with E-state index in [9.17, 15) is 4.79 Å². The maximum Gasteiger partial charge on any atom is 0.226 e. The van der Waals surface area contributed by atoms with Crippen molar-refractivity contribution < 1.29 is 9.53 Å². The zero-order valence-electron chi connectivity index (χ0n) is 15.7. The van der Waals surface area contributed by atoms with Gasteiger partial charge in [-0.3, -0.25) is 9.69 Å². The molecule has 0 N–H and O–H groups in total. The highest BCUT2D eigenvalue weighted by atomic mass is 32.1. The SMILES string of the molecule is COC[C@H]1CN(Cc2ccsc2)CC12CCN(C(=O)C1CC=CC1)CC2. The first kappa shape index (κ1) is 18.2. The smallest absolute Gasteiger partial charge is 0.226 e. The van der Waals surface area contributed by atoms with Gasteiger partial charge in [0.25, 0.3) is 0 Å². The lowest BCUT2D eigenvalue weighted by Crippen LogP contribution is -2.48. The Bertz CT molecular complexity index is 626. The van der Waals surface area contributed by atoms with Crippen molar-refractivity contribution in [3.05, 3.63) is 34.5 Å². The number of likely N-dealkylation sites (tertiary alicyclic amines) is 2. The first-order valence-electron chi connectivity index (χ1n) is 9.86. The molecule has 1 atom stereocenters. The first-order chi connectivity index (χ1) is 12.7. The highest BCUT2D eigenvalue weighted by Crippen LogP contribution is 2.45. The first-order valence-corrected chi connectivity index (χ1v) is 10.8. The van der Waals surface area contributed by atoms with Crippen LogP contribution in [0.15, 0.2) is 29.0 Å². The minimum absolute atomic E-state index is 0.206. The maximum absolute atomic E-state index is 12.7. The third-order valence-electron chi connectivity index (χ3n) is 6.67. The van der Waals surface area contributed by atoms with Crippen LogP contribution in [0.2, 0.25) is 0 Å². The third-order valence-corrected chi connectivity index (χ3v) is 7.40. The van der Waals surface area contributed by atoms with Crippen LogP contribution >= 0.6 is 11.3 Å². The Morgan fingerprint density at radius 1 is 1.31 bits per heavy atom. The molecule has 2 saturated heterocycles. The number of carbonyl (C=O) groups is 1. The Kier molecular flexibility index (Phi) is 5.48. The van der Waals surface area contributed by atoms with E-state index < -0.39 is 0 Å². The molecule has 4 nitrogen and oxygen atoms in total. The summed E-state index contributed by atoms with van der Waals surface area (Å²) in [7, 11) is 1.82. The van der Waals surface area contributed by atoms with Crippen LogP contribution < -0.4 is 0 Å². The van der Waals surface area contributed by atoms with Crippen LogP contribution in [0.1, 0.15) is 31.2 Å². The number of nitrogens with zero attached hydrogens (tertiary/aromatic N) is 2. The number of rotatable bonds is 5. The van der Waals surface area contributed by atoms with E-state index in [2.05, 4.69) is 38.8 Å². The number of thiophene rings is 1. The van der Waals surface area contributed by atoms with Gasteiger partial charge in [-0.1, -0.05) is 12.2 Å². The van der Waals surface area contributed by atoms with E-state index in [0.29, 0.717) is 17.2 Å². The van der Waals surface area contributed by atoms with Crippen LogP contribution in [-0.2, 0) is 16.1 Å². The van der Waals surface area contributed by atoms with Crippen molar-refractivity contribution in [3.63, 3.8) is 0 Å². The Labute approximate surface area is 160 Å². The van der Waals surface area contributed by atoms with Crippen molar-refractivity contribution in [2.24, 2.45) is 17.3 Å². The molecule has 1 spiro atoms. The number of allylic oxidation sites excluding steroid dienone is 2. The van der Waals surface area contributed by atoms with Gasteiger partial charge < -0.3 is 9.64 Å². The van der Waals surface area contributed by atoms with Gasteiger partial charge in [-0.15, -0.1) is 0 Å². The predicted octanol–water partition coefficient (Wildman–Crippen LogP) is 3.40. The average Bonchev–Trinajstić information content (AvgIpc) is 3.39. The van der Waals surface area contributed by atoms with E-state index in [4.69, 9.17) is 4.74 Å². The number of ether oxygens (including phenoxy) is 1. The highest BCUT2D eigenvalue weighted by Gasteiger charge is 2.48. The zero-order valence-corrected chi connectivity index (χ0v) is 16.5. The molecule has 142 valence electrons. The summed E-state index contributed by atoms with van der Waals surface area (Å²) in [5.74, 6) is 1.16. The Balaban J connectivity index is 1.39. The minimum atomic E-state index is 0.206. The number of hydrogen-bond acceptors (Lipinski definition) is 4. The number of amides is 1. The summed E-state index contributed by atoms with van der Waals surface area (Å²) in [6.07, 6.45) is 8.41. The number of piperidine rings is 1. The molecule has 5 heteroatoms. The van der Waals surface area contributed by atoms with Crippen LogP contribution in [-0.4, -0.2) is 55.6 Å². The van der Waals surface area contributed by atoms with Gasteiger partial charge in [0.2, 0.25) is 5.91 Å². The van der Waals surface area contributed by atoms with Gasteiger partial charge in [0.05, 0.1) is 6.61 Å². The van der Waals surface area contributed by atoms with E-state index >= 15 is 0 Å². The van der Waals surface area contributed by atoms with Crippen molar-refractivity contribution in [1.29, 1.82) is 0 Å². The molecule has 1 aromatic rings. The lowest BCUT2D eigenvalue weighted by Gasteiger charge is -2.43. The average molecular weight is 375 g/mol. The minimum Gasteiger partial charge on any atom is -0.384 e. The normalized spacial score (nSPS) is 26.2. The highest BCUT2D eigenvalue weighted by molar-refractivity contribution is 7.07. The van der Waals surface area contributed by atoms with E-state index in [1.165, 1.54) is 5.56 Å². The molecule has 2 fully saturated rings. The Morgan fingerprint density at radius 3 is 2.73 bits per heavy atom. The molecule has 3 heterocycles. The lowest BCUT2D eigenvalue weighted by molar-refractivity contribution is -0.138. The summed E-state index contributed by atoms with van der Waals surface area (Å²) in [5.41, 5.74) is 1.74. The van der Waals surface area contributed by atoms with E-state index in [0.717, 1.165) is 65.0 Å². The van der Waals surface area contributed by atoms with Gasteiger partial charge in [-0.05, 0) is 53.5 Å². The molecule has 26 heavy (non-hydrogen) atoms. The van der Waals surface area contributed by atoms with Gasteiger partial charge >= 0.3 is 0 Å². The summed E-state index contributed by atoms with van der Waals surface area (Å²) in [6, 6.07) is 2.23. The molecule has 0 bridgehead atoms. The molecule has 1 aromatic heterocycles. The van der Waals surface area contributed by atoms with Crippen molar-refractivity contribution >= 4 is 17.2 Å². The number of carbonyl (C=O) groups excluding carboxylic acids is 1. The van der Waals surface area contributed by atoms with E-state index in [1.807, 2.05) is 7.11 Å². The molecule has 0 aromatic carbocycles. The van der Waals surface area contributed by atoms with Crippen molar-refractivity contribution in [2.75, 3.05) is 39.9 Å². The summed E-state index contributed by atoms with van der Waals surface area (Å²) >= 11 is 1.78. The molecule has 1 aliphatic carbocycles.